The molecule has 0 aliphatic carbocycles. The molecule has 1 aromatic heterocycles. The lowest BCUT2D eigenvalue weighted by Gasteiger charge is -2.08. The molecule has 1 aromatic carbocycles. The van der Waals surface area contributed by atoms with Gasteiger partial charge in [0.15, 0.2) is 5.82 Å². The van der Waals surface area contributed by atoms with Crippen LogP contribution in [0.3, 0.4) is 0 Å². The molecule has 2 rings (SSSR count). The van der Waals surface area contributed by atoms with Gasteiger partial charge in [0.1, 0.15) is 11.6 Å². The maximum Gasteiger partial charge on any atom is 0.263 e. The van der Waals surface area contributed by atoms with Crippen LogP contribution in [-0.2, 0) is 14.8 Å². The summed E-state index contributed by atoms with van der Waals surface area (Å²) in [6, 6.07) is 9.22. The van der Waals surface area contributed by atoms with Gasteiger partial charge in [-0.3, -0.25) is 4.72 Å². The maximum absolute atomic E-state index is 12.2. The fraction of sp³-hybridized carbons (Fsp3) is 0.286. The highest BCUT2D eigenvalue weighted by Gasteiger charge is 2.15. The van der Waals surface area contributed by atoms with Crippen LogP contribution in [0.4, 0.5) is 11.6 Å². The number of hydrogen-bond donors (Lipinski definition) is 2. The highest BCUT2D eigenvalue weighted by atomic mass is 32.2. The summed E-state index contributed by atoms with van der Waals surface area (Å²) in [6.45, 7) is 1.12. The van der Waals surface area contributed by atoms with Crippen LogP contribution in [0.1, 0.15) is 0 Å². The van der Waals surface area contributed by atoms with Crippen molar-refractivity contribution in [3.05, 3.63) is 36.4 Å². The average Bonchev–Trinajstić information content (AvgIpc) is 2.56. The van der Waals surface area contributed by atoms with Crippen molar-refractivity contribution in [2.45, 2.75) is 4.90 Å². The summed E-state index contributed by atoms with van der Waals surface area (Å²) in [5, 5.41) is 10.7. The molecule has 124 valence electrons. The smallest absolute Gasteiger partial charge is 0.263 e. The van der Waals surface area contributed by atoms with E-state index in [0.29, 0.717) is 24.7 Å². The second-order valence-corrected chi connectivity index (χ2v) is 6.19. The lowest BCUT2D eigenvalue weighted by Crippen LogP contribution is -2.15. The van der Waals surface area contributed by atoms with Crippen LogP contribution < -0.4 is 14.8 Å². The van der Waals surface area contributed by atoms with Gasteiger partial charge in [-0.25, -0.2) is 8.42 Å². The molecule has 0 saturated carbocycles. The number of anilines is 2. The van der Waals surface area contributed by atoms with Crippen LogP contribution in [0.25, 0.3) is 0 Å². The summed E-state index contributed by atoms with van der Waals surface area (Å²) < 4.78 is 36.8. The SMILES string of the molecule is COCCNc1ccc(NS(=O)(=O)c2ccc(OC)cc2)nn1. The Bertz CT molecular complexity index is 717. The van der Waals surface area contributed by atoms with E-state index in [9.17, 15) is 8.42 Å². The van der Waals surface area contributed by atoms with E-state index in [4.69, 9.17) is 9.47 Å². The second kappa shape index (κ2) is 7.75. The molecule has 23 heavy (non-hydrogen) atoms. The van der Waals surface area contributed by atoms with Gasteiger partial charge in [0, 0.05) is 13.7 Å². The zero-order valence-corrected chi connectivity index (χ0v) is 13.6. The fourth-order valence-corrected chi connectivity index (χ4v) is 2.71. The predicted molar refractivity (Wildman–Crippen MR) is 86.2 cm³/mol. The van der Waals surface area contributed by atoms with Crippen molar-refractivity contribution in [2.75, 3.05) is 37.4 Å². The topological polar surface area (TPSA) is 102 Å². The highest BCUT2D eigenvalue weighted by Crippen LogP contribution is 2.18. The van der Waals surface area contributed by atoms with E-state index in [0.717, 1.165) is 0 Å². The van der Waals surface area contributed by atoms with Gasteiger partial charge in [-0.05, 0) is 36.4 Å². The summed E-state index contributed by atoms with van der Waals surface area (Å²) in [7, 11) is -0.605. The first-order valence-electron chi connectivity index (χ1n) is 6.78. The van der Waals surface area contributed by atoms with Crippen molar-refractivity contribution >= 4 is 21.7 Å². The van der Waals surface area contributed by atoms with E-state index < -0.39 is 10.0 Å². The Kier molecular flexibility index (Phi) is 5.72. The number of aromatic nitrogens is 2. The minimum absolute atomic E-state index is 0.113. The molecule has 0 aliphatic rings. The molecule has 0 spiro atoms. The van der Waals surface area contributed by atoms with Gasteiger partial charge in [0.05, 0.1) is 18.6 Å². The summed E-state index contributed by atoms with van der Waals surface area (Å²) in [5.74, 6) is 1.25. The van der Waals surface area contributed by atoms with Gasteiger partial charge >= 0.3 is 0 Å². The molecular weight excluding hydrogens is 320 g/mol. The molecule has 0 bridgehead atoms. The maximum atomic E-state index is 12.2. The minimum Gasteiger partial charge on any atom is -0.497 e. The highest BCUT2D eigenvalue weighted by molar-refractivity contribution is 7.92. The molecule has 1 heterocycles. The van der Waals surface area contributed by atoms with Crippen LogP contribution in [-0.4, -0.2) is 46.0 Å². The van der Waals surface area contributed by atoms with Crippen LogP contribution >= 0.6 is 0 Å². The Hall–Kier alpha value is -2.39. The molecule has 2 aromatic rings. The van der Waals surface area contributed by atoms with E-state index in [1.807, 2.05) is 0 Å². The van der Waals surface area contributed by atoms with Gasteiger partial charge < -0.3 is 14.8 Å². The molecule has 0 aliphatic heterocycles. The van der Waals surface area contributed by atoms with Gasteiger partial charge in [-0.1, -0.05) is 0 Å². The zero-order chi connectivity index (χ0) is 16.7. The van der Waals surface area contributed by atoms with Gasteiger partial charge in [-0.2, -0.15) is 0 Å². The molecule has 0 unspecified atom stereocenters. The molecular formula is C14H18N4O4S. The average molecular weight is 338 g/mol. The lowest BCUT2D eigenvalue weighted by atomic mass is 10.3. The van der Waals surface area contributed by atoms with Gasteiger partial charge in [0.25, 0.3) is 10.0 Å². The molecule has 2 N–H and O–H groups in total. The van der Waals surface area contributed by atoms with E-state index in [1.54, 1.807) is 25.3 Å². The quantitative estimate of drug-likeness (QED) is 0.700. The third-order valence-corrected chi connectivity index (χ3v) is 4.26. The van der Waals surface area contributed by atoms with E-state index >= 15 is 0 Å². The summed E-state index contributed by atoms with van der Waals surface area (Å²) in [5.41, 5.74) is 0. The van der Waals surface area contributed by atoms with Crippen molar-refractivity contribution in [2.24, 2.45) is 0 Å². The number of nitrogens with zero attached hydrogens (tertiary/aromatic N) is 2. The molecule has 8 nitrogen and oxygen atoms in total. The van der Waals surface area contributed by atoms with E-state index in [1.165, 1.54) is 25.3 Å². The van der Waals surface area contributed by atoms with Crippen LogP contribution in [0, 0.1) is 0 Å². The Morgan fingerprint density at radius 1 is 1.00 bits per heavy atom. The third kappa shape index (κ3) is 4.80. The molecule has 0 amide bonds. The second-order valence-electron chi connectivity index (χ2n) is 4.50. The van der Waals surface area contributed by atoms with Crippen LogP contribution in [0.15, 0.2) is 41.3 Å². The van der Waals surface area contributed by atoms with Gasteiger partial charge in [0.2, 0.25) is 0 Å². The number of rotatable bonds is 8. The summed E-state index contributed by atoms with van der Waals surface area (Å²) >= 11 is 0. The number of benzene rings is 1. The van der Waals surface area contributed by atoms with Crippen molar-refractivity contribution in [3.63, 3.8) is 0 Å². The van der Waals surface area contributed by atoms with Crippen molar-refractivity contribution in [1.82, 2.24) is 10.2 Å². The van der Waals surface area contributed by atoms with Crippen molar-refractivity contribution in [3.8, 4) is 5.75 Å². The zero-order valence-electron chi connectivity index (χ0n) is 12.8. The first kappa shape index (κ1) is 17.0. The van der Waals surface area contributed by atoms with Crippen LogP contribution in [0.5, 0.6) is 5.75 Å². The fourth-order valence-electron chi connectivity index (χ4n) is 1.71. The Morgan fingerprint density at radius 2 is 1.65 bits per heavy atom. The minimum atomic E-state index is -3.72. The first-order chi connectivity index (χ1) is 11.0. The summed E-state index contributed by atoms with van der Waals surface area (Å²) in [4.78, 5) is 0.113. The van der Waals surface area contributed by atoms with Crippen molar-refractivity contribution in [1.29, 1.82) is 0 Å². The molecule has 9 heteroatoms. The molecule has 0 saturated heterocycles. The number of ether oxygens (including phenoxy) is 2. The Morgan fingerprint density at radius 3 is 2.22 bits per heavy atom. The number of sulfonamides is 1. The summed E-state index contributed by atoms with van der Waals surface area (Å²) in [6.07, 6.45) is 0. The van der Waals surface area contributed by atoms with E-state index in [2.05, 4.69) is 20.2 Å². The molecule has 0 radical (unpaired) electrons. The number of methoxy groups -OCH3 is 2. The van der Waals surface area contributed by atoms with Crippen molar-refractivity contribution < 1.29 is 17.9 Å². The first-order valence-corrected chi connectivity index (χ1v) is 8.27. The molecule has 0 fully saturated rings. The van der Waals surface area contributed by atoms with E-state index in [-0.39, 0.29) is 10.7 Å². The number of hydrogen-bond acceptors (Lipinski definition) is 7. The number of nitrogens with one attached hydrogen (secondary N) is 2. The Labute approximate surface area is 134 Å². The lowest BCUT2D eigenvalue weighted by molar-refractivity contribution is 0.210. The standard InChI is InChI=1S/C14H18N4O4S/c1-21-10-9-15-13-7-8-14(17-16-13)18-23(19,20)12-5-3-11(22-2)4-6-12/h3-8H,9-10H2,1-2H3,(H,15,16)(H,17,18). The van der Waals surface area contributed by atoms with Gasteiger partial charge in [-0.15, -0.1) is 10.2 Å². The third-order valence-electron chi connectivity index (χ3n) is 2.89. The monoisotopic (exact) mass is 338 g/mol. The Balaban J connectivity index is 2.04. The molecule has 0 atom stereocenters. The largest absolute Gasteiger partial charge is 0.497 e. The van der Waals surface area contributed by atoms with Crippen LogP contribution in [0.2, 0.25) is 0 Å². The predicted octanol–water partition coefficient (Wildman–Crippen LogP) is 1.34. The normalized spacial score (nSPS) is 11.0.